The van der Waals surface area contributed by atoms with Crippen molar-refractivity contribution in [2.45, 2.75) is 20.0 Å². The first-order valence-electron chi connectivity index (χ1n) is 8.37. The quantitative estimate of drug-likeness (QED) is 0.563. The molecular formula is C19H20N6. The topological polar surface area (TPSA) is 51.2 Å². The van der Waals surface area contributed by atoms with E-state index in [0.717, 1.165) is 35.8 Å². The van der Waals surface area contributed by atoms with Crippen LogP contribution in [0.15, 0.2) is 61.1 Å². The molecule has 1 aromatic carbocycles. The molecule has 126 valence electrons. The van der Waals surface area contributed by atoms with Crippen molar-refractivity contribution in [2.24, 2.45) is 0 Å². The average molecular weight is 332 g/mol. The fraction of sp³-hybridized carbons (Fsp3) is 0.211. The summed E-state index contributed by atoms with van der Waals surface area (Å²) in [5.41, 5.74) is 4.05. The summed E-state index contributed by atoms with van der Waals surface area (Å²) in [6.45, 7) is 3.72. The molecule has 0 saturated carbocycles. The second-order valence-electron chi connectivity index (χ2n) is 6.03. The molecule has 4 aromatic rings. The molecule has 0 saturated heterocycles. The third-order valence-electron chi connectivity index (χ3n) is 4.23. The van der Waals surface area contributed by atoms with E-state index in [1.54, 1.807) is 6.20 Å². The lowest BCUT2D eigenvalue weighted by Crippen LogP contribution is -2.20. The number of anilines is 1. The third kappa shape index (κ3) is 2.98. The molecule has 0 unspecified atom stereocenters. The Bertz CT molecular complexity index is 986. The van der Waals surface area contributed by atoms with Gasteiger partial charge >= 0.3 is 0 Å². The van der Waals surface area contributed by atoms with Crippen molar-refractivity contribution in [1.29, 1.82) is 0 Å². The second kappa shape index (κ2) is 6.39. The van der Waals surface area contributed by atoms with E-state index < -0.39 is 0 Å². The predicted molar refractivity (Wildman–Crippen MR) is 98.4 cm³/mol. The standard InChI is InChI=1S/C19H20N6/c1-3-24-14-15(12-21-24)13-23(2)19-11-17(16-7-5-4-6-8-16)22-18-9-10-20-25(18)19/h4-12,14H,3,13H2,1-2H3. The molecule has 6 heteroatoms. The number of aromatic nitrogens is 5. The highest BCUT2D eigenvalue weighted by molar-refractivity contribution is 5.66. The number of benzene rings is 1. The Morgan fingerprint density at radius 3 is 2.68 bits per heavy atom. The summed E-state index contributed by atoms with van der Waals surface area (Å²) in [6.07, 6.45) is 5.78. The lowest BCUT2D eigenvalue weighted by Gasteiger charge is -2.20. The molecule has 4 rings (SSSR count). The number of hydrogen-bond acceptors (Lipinski definition) is 4. The Hall–Kier alpha value is -3.15. The van der Waals surface area contributed by atoms with Crippen molar-refractivity contribution >= 4 is 11.5 Å². The van der Waals surface area contributed by atoms with Crippen LogP contribution < -0.4 is 4.90 Å². The molecule has 0 aliphatic carbocycles. The molecule has 0 spiro atoms. The van der Waals surface area contributed by atoms with Gasteiger partial charge in [0.2, 0.25) is 0 Å². The van der Waals surface area contributed by atoms with E-state index in [9.17, 15) is 0 Å². The van der Waals surface area contributed by atoms with Gasteiger partial charge in [0.05, 0.1) is 18.1 Å². The van der Waals surface area contributed by atoms with E-state index in [1.165, 1.54) is 5.56 Å². The maximum Gasteiger partial charge on any atom is 0.157 e. The van der Waals surface area contributed by atoms with Gasteiger partial charge in [0.15, 0.2) is 5.65 Å². The van der Waals surface area contributed by atoms with Gasteiger partial charge in [-0.25, -0.2) is 4.98 Å². The van der Waals surface area contributed by atoms with E-state index >= 15 is 0 Å². The molecule has 0 fully saturated rings. The summed E-state index contributed by atoms with van der Waals surface area (Å²) in [5, 5.41) is 8.78. The van der Waals surface area contributed by atoms with Crippen LogP contribution in [0.2, 0.25) is 0 Å². The van der Waals surface area contributed by atoms with Crippen molar-refractivity contribution in [3.05, 3.63) is 66.6 Å². The van der Waals surface area contributed by atoms with Crippen LogP contribution in [-0.4, -0.2) is 31.4 Å². The molecule has 3 heterocycles. The summed E-state index contributed by atoms with van der Waals surface area (Å²) in [6, 6.07) is 14.2. The first kappa shape index (κ1) is 15.4. The van der Waals surface area contributed by atoms with Gasteiger partial charge in [-0.05, 0) is 6.92 Å². The highest BCUT2D eigenvalue weighted by Gasteiger charge is 2.12. The van der Waals surface area contributed by atoms with Gasteiger partial charge in [-0.1, -0.05) is 30.3 Å². The summed E-state index contributed by atoms with van der Waals surface area (Å²) in [4.78, 5) is 6.90. The lowest BCUT2D eigenvalue weighted by atomic mass is 10.1. The highest BCUT2D eigenvalue weighted by atomic mass is 15.3. The highest BCUT2D eigenvalue weighted by Crippen LogP contribution is 2.24. The van der Waals surface area contributed by atoms with Crippen molar-refractivity contribution in [3.8, 4) is 11.3 Å². The molecule has 6 nitrogen and oxygen atoms in total. The monoisotopic (exact) mass is 332 g/mol. The molecule has 3 aromatic heterocycles. The number of nitrogens with zero attached hydrogens (tertiary/aromatic N) is 6. The predicted octanol–water partition coefficient (Wildman–Crippen LogP) is 3.25. The molecule has 25 heavy (non-hydrogen) atoms. The summed E-state index contributed by atoms with van der Waals surface area (Å²) >= 11 is 0. The Morgan fingerprint density at radius 1 is 1.08 bits per heavy atom. The first-order chi connectivity index (χ1) is 12.2. The SMILES string of the molecule is CCn1cc(CN(C)c2cc(-c3ccccc3)nc3ccnn23)cn1. The van der Waals surface area contributed by atoms with Crippen LogP contribution in [0, 0.1) is 0 Å². The molecule has 0 aliphatic heterocycles. The minimum atomic E-state index is 0.757. The smallest absolute Gasteiger partial charge is 0.157 e. The van der Waals surface area contributed by atoms with Gasteiger partial charge in [0, 0.05) is 49.6 Å². The van der Waals surface area contributed by atoms with Gasteiger partial charge in [-0.3, -0.25) is 4.68 Å². The minimum Gasteiger partial charge on any atom is -0.355 e. The Labute approximate surface area is 146 Å². The van der Waals surface area contributed by atoms with Crippen LogP contribution in [-0.2, 0) is 13.1 Å². The normalized spacial score (nSPS) is 11.1. The molecule has 0 radical (unpaired) electrons. The van der Waals surface area contributed by atoms with Gasteiger partial charge in [-0.15, -0.1) is 0 Å². The molecule has 0 bridgehead atoms. The van der Waals surface area contributed by atoms with Crippen molar-refractivity contribution in [1.82, 2.24) is 24.4 Å². The molecule has 0 amide bonds. The fourth-order valence-electron chi connectivity index (χ4n) is 2.94. The van der Waals surface area contributed by atoms with Crippen molar-refractivity contribution < 1.29 is 0 Å². The number of hydrogen-bond donors (Lipinski definition) is 0. The molecule has 0 aliphatic rings. The zero-order valence-electron chi connectivity index (χ0n) is 14.4. The summed E-state index contributed by atoms with van der Waals surface area (Å²) in [5.74, 6) is 0.998. The van der Waals surface area contributed by atoms with Gasteiger partial charge in [0.25, 0.3) is 0 Å². The maximum absolute atomic E-state index is 4.73. The molecule has 0 N–H and O–H groups in total. The van der Waals surface area contributed by atoms with Crippen LogP contribution in [0.3, 0.4) is 0 Å². The summed E-state index contributed by atoms with van der Waals surface area (Å²) in [7, 11) is 2.06. The minimum absolute atomic E-state index is 0.757. The zero-order valence-corrected chi connectivity index (χ0v) is 14.4. The van der Waals surface area contributed by atoms with E-state index in [1.807, 2.05) is 39.7 Å². The van der Waals surface area contributed by atoms with Crippen molar-refractivity contribution in [3.63, 3.8) is 0 Å². The van der Waals surface area contributed by atoms with Crippen molar-refractivity contribution in [2.75, 3.05) is 11.9 Å². The van der Waals surface area contributed by atoms with E-state index in [2.05, 4.69) is 53.5 Å². The van der Waals surface area contributed by atoms with Crippen LogP contribution in [0.4, 0.5) is 5.82 Å². The van der Waals surface area contributed by atoms with Crippen LogP contribution >= 0.6 is 0 Å². The Kier molecular flexibility index (Phi) is 3.93. The first-order valence-corrected chi connectivity index (χ1v) is 8.37. The molecule has 0 atom stereocenters. The summed E-state index contributed by atoms with van der Waals surface area (Å²) < 4.78 is 3.81. The van der Waals surface area contributed by atoms with Crippen LogP contribution in [0.5, 0.6) is 0 Å². The van der Waals surface area contributed by atoms with Gasteiger partial charge in [0.1, 0.15) is 5.82 Å². The Balaban J connectivity index is 1.73. The van der Waals surface area contributed by atoms with Gasteiger partial charge < -0.3 is 4.90 Å². The number of aryl methyl sites for hydroxylation is 1. The number of fused-ring (bicyclic) bond motifs is 1. The second-order valence-corrected chi connectivity index (χ2v) is 6.03. The van der Waals surface area contributed by atoms with E-state index in [-0.39, 0.29) is 0 Å². The van der Waals surface area contributed by atoms with E-state index in [0.29, 0.717) is 0 Å². The van der Waals surface area contributed by atoms with E-state index in [4.69, 9.17) is 4.98 Å². The lowest BCUT2D eigenvalue weighted by molar-refractivity contribution is 0.659. The van der Waals surface area contributed by atoms with Crippen LogP contribution in [0.25, 0.3) is 16.9 Å². The average Bonchev–Trinajstić information content (AvgIpc) is 3.30. The Morgan fingerprint density at radius 2 is 1.92 bits per heavy atom. The fourth-order valence-corrected chi connectivity index (χ4v) is 2.94. The zero-order chi connectivity index (χ0) is 17.2. The largest absolute Gasteiger partial charge is 0.355 e. The van der Waals surface area contributed by atoms with Crippen LogP contribution in [0.1, 0.15) is 12.5 Å². The molecular weight excluding hydrogens is 312 g/mol. The maximum atomic E-state index is 4.73. The third-order valence-corrected chi connectivity index (χ3v) is 4.23. The van der Waals surface area contributed by atoms with Gasteiger partial charge in [-0.2, -0.15) is 14.7 Å². The number of rotatable bonds is 5.